The number of rotatable bonds is 8. The molecule has 0 atom stereocenters. The lowest BCUT2D eigenvalue weighted by Crippen LogP contribution is -2.34. The summed E-state index contributed by atoms with van der Waals surface area (Å²) < 4.78 is 2.83. The molecule has 0 spiro atoms. The van der Waals surface area contributed by atoms with Crippen LogP contribution in [0, 0.1) is 11.8 Å². The Bertz CT molecular complexity index is 1300. The minimum atomic E-state index is -0.977. The second kappa shape index (κ2) is 11.3. The van der Waals surface area contributed by atoms with Crippen molar-refractivity contribution in [1.29, 1.82) is 0 Å². The molecule has 1 aliphatic rings. The standard InChI is InChI=1S/C29H33ClN2O4/c1-19(2)12-17-25-26(30)32(27(33)22-8-4-3-5-9-22)29(36)31(25)18-20-13-15-21(16-14-20)23-10-6-7-11-24(23)28(34)35/h6-7,10-11,13-16,19,22H,3-5,8-9,12,17-18H2,1-2H3,(H,34,35). The van der Waals surface area contributed by atoms with Gasteiger partial charge in [0.15, 0.2) is 0 Å². The number of nitrogens with zero attached hydrogens (tertiary/aromatic N) is 2. The third kappa shape index (κ3) is 5.49. The predicted molar refractivity (Wildman–Crippen MR) is 142 cm³/mol. The molecule has 190 valence electrons. The number of aromatic carboxylic acids is 1. The number of carbonyl (C=O) groups excluding carboxylic acids is 1. The third-order valence-corrected chi connectivity index (χ3v) is 7.47. The summed E-state index contributed by atoms with van der Waals surface area (Å²) in [4.78, 5) is 38.4. The van der Waals surface area contributed by atoms with Crippen LogP contribution in [0.15, 0.2) is 53.3 Å². The Morgan fingerprint density at radius 1 is 1.03 bits per heavy atom. The second-order valence-electron chi connectivity index (χ2n) is 10.1. The van der Waals surface area contributed by atoms with E-state index in [4.69, 9.17) is 11.6 Å². The van der Waals surface area contributed by atoms with Gasteiger partial charge < -0.3 is 5.11 Å². The van der Waals surface area contributed by atoms with Crippen molar-refractivity contribution >= 4 is 23.5 Å². The van der Waals surface area contributed by atoms with Crippen LogP contribution in [-0.4, -0.2) is 26.1 Å². The number of carboxylic acids is 1. The van der Waals surface area contributed by atoms with Crippen LogP contribution in [0.4, 0.5) is 0 Å². The summed E-state index contributed by atoms with van der Waals surface area (Å²) in [5.41, 5.74) is 2.85. The van der Waals surface area contributed by atoms with E-state index in [1.54, 1.807) is 22.8 Å². The van der Waals surface area contributed by atoms with Gasteiger partial charge in [0, 0.05) is 5.92 Å². The zero-order valence-electron chi connectivity index (χ0n) is 20.9. The molecule has 0 radical (unpaired) electrons. The minimum absolute atomic E-state index is 0.156. The van der Waals surface area contributed by atoms with E-state index in [-0.39, 0.29) is 34.8 Å². The van der Waals surface area contributed by atoms with E-state index in [1.165, 1.54) is 4.57 Å². The summed E-state index contributed by atoms with van der Waals surface area (Å²) in [5.74, 6) is -0.892. The molecule has 4 rings (SSSR count). The van der Waals surface area contributed by atoms with Crippen LogP contribution in [-0.2, 0) is 13.0 Å². The number of halogens is 1. The van der Waals surface area contributed by atoms with E-state index in [2.05, 4.69) is 13.8 Å². The maximum atomic E-state index is 13.5. The van der Waals surface area contributed by atoms with Gasteiger partial charge in [-0.2, -0.15) is 0 Å². The molecule has 1 aliphatic carbocycles. The highest BCUT2D eigenvalue weighted by Gasteiger charge is 2.29. The Morgan fingerprint density at radius 2 is 1.69 bits per heavy atom. The van der Waals surface area contributed by atoms with Gasteiger partial charge in [0.1, 0.15) is 5.15 Å². The van der Waals surface area contributed by atoms with Crippen LogP contribution in [0.1, 0.15) is 78.8 Å². The Labute approximate surface area is 216 Å². The van der Waals surface area contributed by atoms with Gasteiger partial charge in [0.25, 0.3) is 0 Å². The molecule has 7 heteroatoms. The fourth-order valence-electron chi connectivity index (χ4n) is 5.00. The van der Waals surface area contributed by atoms with Gasteiger partial charge in [0.05, 0.1) is 17.8 Å². The Morgan fingerprint density at radius 3 is 2.33 bits per heavy atom. The van der Waals surface area contributed by atoms with E-state index in [0.717, 1.165) is 49.7 Å². The summed E-state index contributed by atoms with van der Waals surface area (Å²) in [6, 6.07) is 14.4. The lowest BCUT2D eigenvalue weighted by molar-refractivity contribution is 0.0697. The smallest absolute Gasteiger partial charge is 0.336 e. The number of carbonyl (C=O) groups is 2. The van der Waals surface area contributed by atoms with E-state index < -0.39 is 5.97 Å². The molecule has 0 aliphatic heterocycles. The Hall–Kier alpha value is -3.12. The highest BCUT2D eigenvalue weighted by molar-refractivity contribution is 6.31. The first-order valence-corrected chi connectivity index (χ1v) is 13.1. The fourth-order valence-corrected chi connectivity index (χ4v) is 5.36. The highest BCUT2D eigenvalue weighted by Crippen LogP contribution is 2.28. The van der Waals surface area contributed by atoms with E-state index in [0.29, 0.717) is 23.6 Å². The largest absolute Gasteiger partial charge is 0.478 e. The summed E-state index contributed by atoms with van der Waals surface area (Å²) in [6.07, 6.45) is 6.19. The normalized spacial score (nSPS) is 14.3. The molecule has 0 bridgehead atoms. The molecule has 0 amide bonds. The monoisotopic (exact) mass is 508 g/mol. The molecular weight excluding hydrogens is 476 g/mol. The quantitative estimate of drug-likeness (QED) is 0.375. The lowest BCUT2D eigenvalue weighted by Gasteiger charge is -2.20. The van der Waals surface area contributed by atoms with Gasteiger partial charge in [-0.1, -0.05) is 87.2 Å². The van der Waals surface area contributed by atoms with Crippen molar-refractivity contribution in [2.45, 2.75) is 65.3 Å². The van der Waals surface area contributed by atoms with Crippen molar-refractivity contribution in [3.05, 3.63) is 81.0 Å². The molecule has 1 aromatic heterocycles. The van der Waals surface area contributed by atoms with Gasteiger partial charge in [0.2, 0.25) is 5.91 Å². The molecule has 2 aromatic carbocycles. The van der Waals surface area contributed by atoms with Gasteiger partial charge in [-0.15, -0.1) is 0 Å². The van der Waals surface area contributed by atoms with E-state index in [9.17, 15) is 19.5 Å². The predicted octanol–water partition coefficient (Wildman–Crippen LogP) is 6.53. The molecule has 0 saturated heterocycles. The van der Waals surface area contributed by atoms with Crippen molar-refractivity contribution in [3.8, 4) is 11.1 Å². The number of hydrogen-bond acceptors (Lipinski definition) is 3. The first-order valence-electron chi connectivity index (χ1n) is 12.7. The zero-order valence-corrected chi connectivity index (χ0v) is 21.6. The zero-order chi connectivity index (χ0) is 25.8. The third-order valence-electron chi connectivity index (χ3n) is 7.08. The van der Waals surface area contributed by atoms with Crippen LogP contribution in [0.2, 0.25) is 5.15 Å². The highest BCUT2D eigenvalue weighted by atomic mass is 35.5. The van der Waals surface area contributed by atoms with Crippen LogP contribution in [0.25, 0.3) is 11.1 Å². The molecule has 6 nitrogen and oxygen atoms in total. The molecule has 1 fully saturated rings. The van der Waals surface area contributed by atoms with Crippen LogP contribution in [0.5, 0.6) is 0 Å². The van der Waals surface area contributed by atoms with Gasteiger partial charge >= 0.3 is 11.7 Å². The van der Waals surface area contributed by atoms with E-state index >= 15 is 0 Å². The van der Waals surface area contributed by atoms with Crippen molar-refractivity contribution < 1.29 is 14.7 Å². The molecule has 1 saturated carbocycles. The first kappa shape index (κ1) is 26.0. The van der Waals surface area contributed by atoms with Crippen LogP contribution >= 0.6 is 11.6 Å². The molecule has 1 N–H and O–H groups in total. The fraction of sp³-hybridized carbons (Fsp3) is 0.414. The van der Waals surface area contributed by atoms with Crippen molar-refractivity contribution in [3.63, 3.8) is 0 Å². The lowest BCUT2D eigenvalue weighted by atomic mass is 9.88. The van der Waals surface area contributed by atoms with Crippen LogP contribution in [0.3, 0.4) is 0 Å². The maximum absolute atomic E-state index is 13.5. The Balaban J connectivity index is 1.67. The summed E-state index contributed by atoms with van der Waals surface area (Å²) in [6.45, 7) is 4.53. The first-order chi connectivity index (χ1) is 17.3. The Kier molecular flexibility index (Phi) is 8.14. The average molecular weight is 509 g/mol. The van der Waals surface area contributed by atoms with Crippen LogP contribution < -0.4 is 5.69 Å². The molecule has 1 heterocycles. The maximum Gasteiger partial charge on any atom is 0.336 e. The number of carboxylic acid groups (broad SMARTS) is 1. The van der Waals surface area contributed by atoms with Crippen molar-refractivity contribution in [2.24, 2.45) is 11.8 Å². The molecule has 3 aromatic rings. The van der Waals surface area contributed by atoms with E-state index in [1.807, 2.05) is 30.3 Å². The summed E-state index contributed by atoms with van der Waals surface area (Å²) in [7, 11) is 0. The average Bonchev–Trinajstić information content (AvgIpc) is 3.11. The van der Waals surface area contributed by atoms with Gasteiger partial charge in [-0.05, 0) is 54.4 Å². The minimum Gasteiger partial charge on any atom is -0.478 e. The topological polar surface area (TPSA) is 81.3 Å². The van der Waals surface area contributed by atoms with Crippen molar-refractivity contribution in [2.75, 3.05) is 0 Å². The number of benzene rings is 2. The van der Waals surface area contributed by atoms with Gasteiger partial charge in [-0.25, -0.2) is 14.2 Å². The SMILES string of the molecule is CC(C)CCc1c(Cl)n(C(=O)C2CCCCC2)c(=O)n1Cc1ccc(-c2ccccc2C(=O)O)cc1. The van der Waals surface area contributed by atoms with Crippen molar-refractivity contribution in [1.82, 2.24) is 9.13 Å². The summed E-state index contributed by atoms with van der Waals surface area (Å²) >= 11 is 6.72. The number of aromatic nitrogens is 2. The number of imidazole rings is 1. The molecule has 0 unspecified atom stereocenters. The molecule has 36 heavy (non-hydrogen) atoms. The number of hydrogen-bond donors (Lipinski definition) is 1. The van der Waals surface area contributed by atoms with Gasteiger partial charge in [-0.3, -0.25) is 9.36 Å². The summed E-state index contributed by atoms with van der Waals surface area (Å²) in [5, 5.41) is 9.75. The second-order valence-corrected chi connectivity index (χ2v) is 10.5. The molecular formula is C29H33ClN2O4.